The summed E-state index contributed by atoms with van der Waals surface area (Å²) in [5.41, 5.74) is 1.04. The summed E-state index contributed by atoms with van der Waals surface area (Å²) in [4.78, 5) is 26.8. The van der Waals surface area contributed by atoms with Crippen LogP contribution < -0.4 is 5.48 Å². The van der Waals surface area contributed by atoms with Gasteiger partial charge in [0.2, 0.25) is 0 Å². The minimum absolute atomic E-state index is 0.946. The number of amides is 1. The number of nitrogens with one attached hydrogen (secondary N) is 1. The second kappa shape index (κ2) is 5.37. The van der Waals surface area contributed by atoms with Crippen LogP contribution >= 0.6 is 7.82 Å². The first-order valence-corrected chi connectivity index (χ1v) is 4.81. The predicted octanol–water partition coefficient (Wildman–Crippen LogP) is -2.68. The molecule has 0 spiro atoms. The Balaban J connectivity index is 4.02. The smallest absolute Gasteiger partial charge is 0.387 e. The van der Waals surface area contributed by atoms with E-state index in [0.717, 1.165) is 5.48 Å². The van der Waals surface area contributed by atoms with Gasteiger partial charge in [-0.3, -0.25) is 14.5 Å². The molecular weight excluding hydrogens is 221 g/mol. The lowest BCUT2D eigenvalue weighted by atomic mass is 10.2. The van der Waals surface area contributed by atoms with Gasteiger partial charge in [0.25, 0.3) is 5.91 Å². The van der Waals surface area contributed by atoms with Crippen molar-refractivity contribution in [2.75, 3.05) is 6.61 Å². The second-order valence-electron chi connectivity index (χ2n) is 2.27. The van der Waals surface area contributed by atoms with Gasteiger partial charge < -0.3 is 20.0 Å². The summed E-state index contributed by atoms with van der Waals surface area (Å²) < 4.78 is 13.9. The van der Waals surface area contributed by atoms with Gasteiger partial charge in [0, 0.05) is 0 Å². The topological polar surface area (TPSA) is 157 Å². The lowest BCUT2D eigenvalue weighted by Crippen LogP contribution is -2.42. The van der Waals surface area contributed by atoms with Crippen molar-refractivity contribution < 1.29 is 39.1 Å². The molecule has 6 N–H and O–H groups in total. The van der Waals surface area contributed by atoms with E-state index in [1.165, 1.54) is 0 Å². The first-order valence-electron chi connectivity index (χ1n) is 3.28. The molecule has 0 radical (unpaired) electrons. The average Bonchev–Trinajstić information content (AvgIpc) is 2.10. The Morgan fingerprint density at radius 1 is 1.43 bits per heavy atom. The molecule has 0 fully saturated rings. The van der Waals surface area contributed by atoms with Crippen LogP contribution in [0.1, 0.15) is 0 Å². The van der Waals surface area contributed by atoms with Gasteiger partial charge in [0.05, 0.1) is 6.61 Å². The van der Waals surface area contributed by atoms with E-state index in [2.05, 4.69) is 4.52 Å². The van der Waals surface area contributed by atoms with E-state index >= 15 is 0 Å². The maximum absolute atomic E-state index is 10.5. The summed E-state index contributed by atoms with van der Waals surface area (Å²) in [6, 6.07) is 0. The molecule has 0 aliphatic carbocycles. The van der Waals surface area contributed by atoms with E-state index in [1.807, 2.05) is 0 Å². The van der Waals surface area contributed by atoms with E-state index < -0.39 is 32.5 Å². The molecule has 10 heteroatoms. The molecule has 0 unspecified atom stereocenters. The van der Waals surface area contributed by atoms with Crippen molar-refractivity contribution in [3.63, 3.8) is 0 Å². The molecule has 0 aliphatic rings. The van der Waals surface area contributed by atoms with Crippen LogP contribution in [0.15, 0.2) is 0 Å². The minimum Gasteiger partial charge on any atom is -0.387 e. The molecule has 84 valence electrons. The van der Waals surface area contributed by atoms with E-state index in [1.54, 1.807) is 0 Å². The molecule has 0 aliphatic heterocycles. The van der Waals surface area contributed by atoms with Crippen LogP contribution in [0.5, 0.6) is 0 Å². The Morgan fingerprint density at radius 3 is 2.29 bits per heavy atom. The highest BCUT2D eigenvalue weighted by atomic mass is 31.2. The predicted molar refractivity (Wildman–Crippen MR) is 39.9 cm³/mol. The maximum atomic E-state index is 10.5. The van der Waals surface area contributed by atoms with Crippen LogP contribution in [-0.4, -0.2) is 49.9 Å². The molecule has 0 aromatic carbocycles. The number of phosphoric ester groups is 1. The van der Waals surface area contributed by atoms with E-state index in [9.17, 15) is 9.36 Å². The second-order valence-corrected chi connectivity index (χ2v) is 3.51. The molecule has 1 amide bonds. The van der Waals surface area contributed by atoms with Gasteiger partial charge in [-0.1, -0.05) is 0 Å². The highest BCUT2D eigenvalue weighted by Gasteiger charge is 2.26. The van der Waals surface area contributed by atoms with Gasteiger partial charge in [-0.15, -0.1) is 0 Å². The van der Waals surface area contributed by atoms with Gasteiger partial charge >= 0.3 is 7.82 Å². The third-order valence-electron chi connectivity index (χ3n) is 1.16. The van der Waals surface area contributed by atoms with Crippen LogP contribution in [0.3, 0.4) is 0 Å². The molecule has 0 saturated carbocycles. The number of hydrogen-bond donors (Lipinski definition) is 6. The SMILES string of the molecule is O=C(NO)[C@@H](O)[C@@H](O)COP(=O)(O)O. The molecule has 0 saturated heterocycles. The monoisotopic (exact) mass is 231 g/mol. The highest BCUT2D eigenvalue weighted by Crippen LogP contribution is 2.35. The summed E-state index contributed by atoms with van der Waals surface area (Å²) in [6.07, 6.45) is -3.89. The normalized spacial score (nSPS) is 16.1. The van der Waals surface area contributed by atoms with E-state index in [4.69, 9.17) is 25.2 Å². The zero-order valence-electron chi connectivity index (χ0n) is 6.77. The van der Waals surface area contributed by atoms with Crippen LogP contribution in [0, 0.1) is 0 Å². The molecule has 0 rings (SSSR count). The lowest BCUT2D eigenvalue weighted by molar-refractivity contribution is -0.145. The van der Waals surface area contributed by atoms with Gasteiger partial charge in [-0.05, 0) is 0 Å². The van der Waals surface area contributed by atoms with Crippen molar-refractivity contribution in [2.45, 2.75) is 12.2 Å². The third kappa shape index (κ3) is 5.25. The molecule has 0 aromatic rings. The summed E-state index contributed by atoms with van der Waals surface area (Å²) >= 11 is 0. The van der Waals surface area contributed by atoms with Gasteiger partial charge in [-0.2, -0.15) is 0 Å². The van der Waals surface area contributed by atoms with Gasteiger partial charge in [0.1, 0.15) is 6.10 Å². The zero-order chi connectivity index (χ0) is 11.4. The maximum Gasteiger partial charge on any atom is 0.469 e. The zero-order valence-corrected chi connectivity index (χ0v) is 7.66. The summed E-state index contributed by atoms with van der Waals surface area (Å²) in [5.74, 6) is -1.31. The standard InChI is InChI=1S/C4H10NO8P/c6-2(1-13-14(10,11)12)3(7)4(8)5-9/h2-3,6-7,9H,1H2,(H,5,8)(H2,10,11,12)/t2-,3-/m0/s1. The molecule has 0 bridgehead atoms. The van der Waals surface area contributed by atoms with Crippen molar-refractivity contribution in [1.29, 1.82) is 0 Å². The summed E-state index contributed by atoms with van der Waals surface area (Å²) in [5, 5.41) is 25.7. The van der Waals surface area contributed by atoms with E-state index in [0.29, 0.717) is 0 Å². The lowest BCUT2D eigenvalue weighted by Gasteiger charge is -2.15. The number of hydrogen-bond acceptors (Lipinski definition) is 6. The van der Waals surface area contributed by atoms with Crippen LogP contribution in [-0.2, 0) is 13.9 Å². The largest absolute Gasteiger partial charge is 0.469 e. The summed E-state index contributed by atoms with van der Waals surface area (Å²) in [6.45, 7) is -0.946. The number of carbonyl (C=O) groups is 1. The first kappa shape index (κ1) is 13.5. The number of aliphatic hydroxyl groups is 2. The Bertz CT molecular complexity index is 237. The molecule has 0 aromatic heterocycles. The fourth-order valence-corrected chi connectivity index (χ4v) is 0.852. The highest BCUT2D eigenvalue weighted by molar-refractivity contribution is 7.46. The molecule has 9 nitrogen and oxygen atoms in total. The van der Waals surface area contributed by atoms with Crippen molar-refractivity contribution in [3.05, 3.63) is 0 Å². The number of phosphoric acid groups is 1. The van der Waals surface area contributed by atoms with Crippen molar-refractivity contribution >= 4 is 13.7 Å². The van der Waals surface area contributed by atoms with Crippen molar-refractivity contribution in [3.8, 4) is 0 Å². The minimum atomic E-state index is -4.76. The Morgan fingerprint density at radius 2 is 1.93 bits per heavy atom. The fraction of sp³-hybridized carbons (Fsp3) is 0.750. The van der Waals surface area contributed by atoms with Gasteiger partial charge in [-0.25, -0.2) is 10.0 Å². The quantitative estimate of drug-likeness (QED) is 0.170. The van der Waals surface area contributed by atoms with Crippen molar-refractivity contribution in [2.24, 2.45) is 0 Å². The summed E-state index contributed by atoms with van der Waals surface area (Å²) in [7, 11) is -4.76. The number of carbonyl (C=O) groups excluding carboxylic acids is 1. The third-order valence-corrected chi connectivity index (χ3v) is 1.64. The van der Waals surface area contributed by atoms with Crippen LogP contribution in [0.25, 0.3) is 0 Å². The number of aliphatic hydroxyl groups excluding tert-OH is 2. The fourth-order valence-electron chi connectivity index (χ4n) is 0.505. The van der Waals surface area contributed by atoms with Crippen LogP contribution in [0.2, 0.25) is 0 Å². The molecule has 0 heterocycles. The Kier molecular flexibility index (Phi) is 5.16. The number of rotatable bonds is 5. The average molecular weight is 231 g/mol. The van der Waals surface area contributed by atoms with Crippen LogP contribution in [0.4, 0.5) is 0 Å². The van der Waals surface area contributed by atoms with E-state index in [-0.39, 0.29) is 0 Å². The Hall–Kier alpha value is -0.540. The molecular formula is C4H10NO8P. The van der Waals surface area contributed by atoms with Crippen molar-refractivity contribution in [1.82, 2.24) is 5.48 Å². The first-order chi connectivity index (χ1) is 6.28. The molecule has 2 atom stereocenters. The molecule has 14 heavy (non-hydrogen) atoms. The number of hydroxylamine groups is 1. The Labute approximate surface area is 78.1 Å². The van der Waals surface area contributed by atoms with Gasteiger partial charge in [0.15, 0.2) is 6.10 Å².